The van der Waals surface area contributed by atoms with Crippen molar-refractivity contribution in [2.45, 2.75) is 90.6 Å². The smallest absolute Gasteiger partial charge is 0.321 e. The van der Waals surface area contributed by atoms with Crippen molar-refractivity contribution in [1.29, 1.82) is 0 Å². The molecule has 2 unspecified atom stereocenters. The zero-order valence-electron chi connectivity index (χ0n) is 30.6. The SMILES string of the molecule is CC(C)CC(N[C@@H](Cc1cncn1Cc1cccc(F)c1)C(=O)O)C(=O)O.CC(C)CC(N[C@@H](Cc1cncn1Cc1cccc(I)c1)C(=O)O)C(=O)O. The lowest BCUT2D eigenvalue weighted by Gasteiger charge is -2.22. The van der Waals surface area contributed by atoms with Gasteiger partial charge in [-0.25, -0.2) is 14.4 Å². The molecule has 0 saturated heterocycles. The first-order valence-electron chi connectivity index (χ1n) is 17.4. The van der Waals surface area contributed by atoms with Gasteiger partial charge in [-0.3, -0.25) is 29.8 Å². The second-order valence-corrected chi connectivity index (χ2v) is 15.1. The van der Waals surface area contributed by atoms with Gasteiger partial charge in [0.1, 0.15) is 30.0 Å². The second kappa shape index (κ2) is 21.3. The second-order valence-electron chi connectivity index (χ2n) is 13.8. The van der Waals surface area contributed by atoms with Crippen molar-refractivity contribution in [3.05, 3.63) is 105 Å². The number of benzene rings is 2. The Morgan fingerprint density at radius 1 is 0.667 bits per heavy atom. The maximum absolute atomic E-state index is 13.4. The molecule has 0 amide bonds. The van der Waals surface area contributed by atoms with Crippen LogP contribution < -0.4 is 10.6 Å². The van der Waals surface area contributed by atoms with E-state index in [0.29, 0.717) is 31.6 Å². The average molecular weight is 863 g/mol. The highest BCUT2D eigenvalue weighted by Crippen LogP contribution is 2.15. The van der Waals surface area contributed by atoms with Gasteiger partial charge in [0.05, 0.1) is 12.7 Å². The van der Waals surface area contributed by atoms with Crippen LogP contribution in [-0.2, 0) is 45.1 Å². The standard InChI is InChI=1S/C19H24FN3O4.C19H24IN3O4/c2*1-12(2)6-16(18(24)25)22-17(19(26)27)8-15-9-21-11-23(15)10-13-4-3-5-14(20)7-13/h2*3-5,7,9,11-12,16-17,22H,6,8,10H2,1-2H3,(H,24,25)(H,26,27)/t2*16?,17-/m00/s1. The summed E-state index contributed by atoms with van der Waals surface area (Å²) in [5, 5.41) is 43.3. The molecule has 292 valence electrons. The summed E-state index contributed by atoms with van der Waals surface area (Å²) in [6.07, 6.45) is 7.27. The Labute approximate surface area is 327 Å². The summed E-state index contributed by atoms with van der Waals surface area (Å²) >= 11 is 2.24. The predicted molar refractivity (Wildman–Crippen MR) is 207 cm³/mol. The summed E-state index contributed by atoms with van der Waals surface area (Å²) in [7, 11) is 0. The van der Waals surface area contributed by atoms with Gasteiger partial charge in [-0.1, -0.05) is 52.0 Å². The molecule has 4 atom stereocenters. The minimum absolute atomic E-state index is 0.0620. The van der Waals surface area contributed by atoms with Crippen LogP contribution in [0.3, 0.4) is 0 Å². The minimum Gasteiger partial charge on any atom is -0.480 e. The van der Waals surface area contributed by atoms with Gasteiger partial charge in [0.15, 0.2) is 0 Å². The molecule has 2 aromatic carbocycles. The number of halogens is 2. The summed E-state index contributed by atoms with van der Waals surface area (Å²) in [5.41, 5.74) is 3.16. The van der Waals surface area contributed by atoms with E-state index >= 15 is 0 Å². The van der Waals surface area contributed by atoms with Crippen molar-refractivity contribution < 1.29 is 44.0 Å². The van der Waals surface area contributed by atoms with E-state index in [1.165, 1.54) is 18.3 Å². The third-order valence-corrected chi connectivity index (χ3v) is 8.99. The molecule has 54 heavy (non-hydrogen) atoms. The van der Waals surface area contributed by atoms with E-state index in [-0.39, 0.29) is 30.5 Å². The molecule has 6 N–H and O–H groups in total. The number of carboxylic acid groups (broad SMARTS) is 4. The minimum atomic E-state index is -1.14. The fourth-order valence-corrected chi connectivity index (χ4v) is 6.35. The topological polar surface area (TPSA) is 209 Å². The summed E-state index contributed by atoms with van der Waals surface area (Å²) in [5.74, 6) is -4.44. The molecule has 2 aromatic heterocycles. The Balaban J connectivity index is 0.000000290. The highest BCUT2D eigenvalue weighted by Gasteiger charge is 2.29. The Kier molecular flexibility index (Phi) is 17.2. The van der Waals surface area contributed by atoms with E-state index in [4.69, 9.17) is 0 Å². The predicted octanol–water partition coefficient (Wildman–Crippen LogP) is 4.78. The first-order valence-corrected chi connectivity index (χ1v) is 18.5. The van der Waals surface area contributed by atoms with Crippen LogP contribution in [0.4, 0.5) is 4.39 Å². The third kappa shape index (κ3) is 14.6. The van der Waals surface area contributed by atoms with Gasteiger partial charge in [-0.2, -0.15) is 0 Å². The first kappa shape index (κ1) is 43.7. The van der Waals surface area contributed by atoms with Crippen LogP contribution in [0.2, 0.25) is 0 Å². The van der Waals surface area contributed by atoms with Crippen LogP contribution >= 0.6 is 22.6 Å². The molecule has 0 saturated carbocycles. The molecule has 16 heteroatoms. The fraction of sp³-hybridized carbons (Fsp3) is 0.421. The lowest BCUT2D eigenvalue weighted by molar-refractivity contribution is -0.144. The van der Waals surface area contributed by atoms with Crippen molar-refractivity contribution in [3.63, 3.8) is 0 Å². The van der Waals surface area contributed by atoms with Crippen LogP contribution in [0.15, 0.2) is 73.6 Å². The number of carboxylic acids is 4. The van der Waals surface area contributed by atoms with Gasteiger partial charge in [-0.15, -0.1) is 0 Å². The quantitative estimate of drug-likeness (QED) is 0.0665. The molecule has 0 fully saturated rings. The number of carbonyl (C=O) groups is 4. The lowest BCUT2D eigenvalue weighted by Crippen LogP contribution is -2.49. The summed E-state index contributed by atoms with van der Waals surface area (Å²) in [4.78, 5) is 54.4. The summed E-state index contributed by atoms with van der Waals surface area (Å²) in [6, 6.07) is 10.2. The molecule has 2 heterocycles. The molecular weight excluding hydrogens is 814 g/mol. The molecule has 0 aliphatic rings. The van der Waals surface area contributed by atoms with Gasteiger partial charge in [-0.05, 0) is 82.7 Å². The molecular formula is C38H48FIN6O8. The van der Waals surface area contributed by atoms with Gasteiger partial charge >= 0.3 is 23.9 Å². The maximum atomic E-state index is 13.4. The van der Waals surface area contributed by atoms with E-state index in [2.05, 4.69) is 49.3 Å². The molecule has 0 radical (unpaired) electrons. The zero-order valence-corrected chi connectivity index (χ0v) is 32.8. The van der Waals surface area contributed by atoms with Crippen LogP contribution in [0.5, 0.6) is 0 Å². The van der Waals surface area contributed by atoms with Crippen LogP contribution in [-0.4, -0.2) is 87.6 Å². The zero-order chi connectivity index (χ0) is 39.9. The molecule has 4 aromatic rings. The van der Waals surface area contributed by atoms with Crippen LogP contribution in [0, 0.1) is 21.2 Å². The Morgan fingerprint density at radius 2 is 1.07 bits per heavy atom. The number of imidazole rings is 2. The average Bonchev–Trinajstić information content (AvgIpc) is 3.71. The number of aliphatic carboxylic acids is 4. The highest BCUT2D eigenvalue weighted by atomic mass is 127. The lowest BCUT2D eigenvalue weighted by atomic mass is 10.0. The summed E-state index contributed by atoms with van der Waals surface area (Å²) < 4.78 is 18.1. The van der Waals surface area contributed by atoms with Gasteiger partial charge in [0.2, 0.25) is 0 Å². The van der Waals surface area contributed by atoms with E-state index in [9.17, 15) is 44.0 Å². The molecule has 4 rings (SSSR count). The molecule has 0 bridgehead atoms. The van der Waals surface area contributed by atoms with Crippen LogP contribution in [0.1, 0.15) is 63.1 Å². The van der Waals surface area contributed by atoms with Gasteiger partial charge in [0, 0.05) is 53.3 Å². The van der Waals surface area contributed by atoms with E-state index in [1.54, 1.807) is 35.6 Å². The number of aromatic nitrogens is 4. The molecule has 0 aliphatic carbocycles. The number of rotatable bonds is 20. The van der Waals surface area contributed by atoms with E-state index < -0.39 is 48.0 Å². The molecule has 14 nitrogen and oxygen atoms in total. The number of hydrogen-bond donors (Lipinski definition) is 6. The number of nitrogens with one attached hydrogen (secondary N) is 2. The Hall–Kier alpha value is -4.68. The normalized spacial score (nSPS) is 13.5. The summed E-state index contributed by atoms with van der Waals surface area (Å²) in [6.45, 7) is 8.48. The van der Waals surface area contributed by atoms with Crippen LogP contribution in [0.25, 0.3) is 0 Å². The van der Waals surface area contributed by atoms with E-state index in [1.807, 2.05) is 50.5 Å². The van der Waals surface area contributed by atoms with Crippen molar-refractivity contribution in [3.8, 4) is 0 Å². The molecule has 0 aliphatic heterocycles. The largest absolute Gasteiger partial charge is 0.480 e. The van der Waals surface area contributed by atoms with Gasteiger partial charge < -0.3 is 29.6 Å². The number of hydrogen-bond acceptors (Lipinski definition) is 8. The number of nitrogens with zero attached hydrogens (tertiary/aromatic N) is 4. The van der Waals surface area contributed by atoms with Gasteiger partial charge in [0.25, 0.3) is 0 Å². The fourth-order valence-electron chi connectivity index (χ4n) is 5.75. The van der Waals surface area contributed by atoms with Crippen molar-refractivity contribution in [2.75, 3.05) is 0 Å². The maximum Gasteiger partial charge on any atom is 0.321 e. The Morgan fingerprint density at radius 3 is 1.44 bits per heavy atom. The van der Waals surface area contributed by atoms with Crippen molar-refractivity contribution >= 4 is 46.5 Å². The molecule has 0 spiro atoms. The highest BCUT2D eigenvalue weighted by molar-refractivity contribution is 14.1. The van der Waals surface area contributed by atoms with E-state index in [0.717, 1.165) is 20.4 Å². The van der Waals surface area contributed by atoms with Crippen molar-refractivity contribution in [1.82, 2.24) is 29.7 Å². The first-order chi connectivity index (χ1) is 25.5. The monoisotopic (exact) mass is 862 g/mol. The van der Waals surface area contributed by atoms with Crippen molar-refractivity contribution in [2.24, 2.45) is 11.8 Å². The third-order valence-electron chi connectivity index (χ3n) is 8.32. The Bertz CT molecular complexity index is 1720.